The summed E-state index contributed by atoms with van der Waals surface area (Å²) < 4.78 is 5.52. The summed E-state index contributed by atoms with van der Waals surface area (Å²) in [6.45, 7) is 5.77. The zero-order chi connectivity index (χ0) is 13.7. The van der Waals surface area contributed by atoms with Crippen LogP contribution in [0.4, 0.5) is 0 Å². The van der Waals surface area contributed by atoms with Gasteiger partial charge in [-0.1, -0.05) is 19.1 Å². The maximum atomic E-state index is 10.8. The third-order valence-corrected chi connectivity index (χ3v) is 3.99. The van der Waals surface area contributed by atoms with E-state index in [0.29, 0.717) is 12.6 Å². The summed E-state index contributed by atoms with van der Waals surface area (Å²) in [5, 5.41) is 14.3. The molecule has 0 radical (unpaired) electrons. The molecule has 0 amide bonds. The molecule has 0 saturated heterocycles. The lowest BCUT2D eigenvalue weighted by Gasteiger charge is -2.36. The molecule has 1 aliphatic carbocycles. The van der Waals surface area contributed by atoms with Crippen LogP contribution in [0.5, 0.6) is 5.75 Å². The summed E-state index contributed by atoms with van der Waals surface area (Å²) >= 11 is 0. The molecule has 1 saturated carbocycles. The van der Waals surface area contributed by atoms with Gasteiger partial charge in [0.2, 0.25) is 0 Å². The van der Waals surface area contributed by atoms with E-state index >= 15 is 0 Å². The van der Waals surface area contributed by atoms with Crippen LogP contribution in [0.3, 0.4) is 0 Å². The Morgan fingerprint density at radius 3 is 2.68 bits per heavy atom. The van der Waals surface area contributed by atoms with Gasteiger partial charge in [-0.15, -0.1) is 0 Å². The molecule has 0 bridgehead atoms. The van der Waals surface area contributed by atoms with Gasteiger partial charge in [0, 0.05) is 6.04 Å². The molecule has 3 nitrogen and oxygen atoms in total. The highest BCUT2D eigenvalue weighted by Crippen LogP contribution is 2.38. The number of nitrogens with one attached hydrogen (secondary N) is 1. The number of rotatable bonds is 5. The zero-order valence-corrected chi connectivity index (χ0v) is 12.0. The SMILES string of the molecule is CCNC1CCC(O)(c2cccc(OCC)c2)CC1. The van der Waals surface area contributed by atoms with Crippen molar-refractivity contribution in [2.45, 2.75) is 51.2 Å². The molecule has 1 fully saturated rings. The van der Waals surface area contributed by atoms with Crippen LogP contribution in [-0.4, -0.2) is 24.3 Å². The summed E-state index contributed by atoms with van der Waals surface area (Å²) in [7, 11) is 0. The lowest BCUT2D eigenvalue weighted by atomic mass is 9.77. The van der Waals surface area contributed by atoms with Gasteiger partial charge in [0.15, 0.2) is 0 Å². The van der Waals surface area contributed by atoms with Crippen LogP contribution in [0.2, 0.25) is 0 Å². The van der Waals surface area contributed by atoms with E-state index in [2.05, 4.69) is 12.2 Å². The third kappa shape index (κ3) is 3.48. The Morgan fingerprint density at radius 1 is 1.32 bits per heavy atom. The van der Waals surface area contributed by atoms with Crippen LogP contribution in [-0.2, 0) is 5.60 Å². The normalized spacial score (nSPS) is 27.2. The molecular formula is C16H25NO2. The zero-order valence-electron chi connectivity index (χ0n) is 12.0. The molecule has 0 unspecified atom stereocenters. The summed E-state index contributed by atoms with van der Waals surface area (Å²) in [5.41, 5.74) is 0.312. The minimum Gasteiger partial charge on any atom is -0.494 e. The van der Waals surface area contributed by atoms with Gasteiger partial charge in [0.25, 0.3) is 0 Å². The fourth-order valence-corrected chi connectivity index (χ4v) is 2.92. The van der Waals surface area contributed by atoms with Crippen molar-refractivity contribution in [3.05, 3.63) is 29.8 Å². The standard InChI is InChI=1S/C16H25NO2/c1-3-17-14-8-10-16(18,11-9-14)13-6-5-7-15(12-13)19-4-2/h5-7,12,14,17-18H,3-4,8-11H2,1-2H3. The molecule has 0 atom stereocenters. The van der Waals surface area contributed by atoms with Crippen molar-refractivity contribution in [2.24, 2.45) is 0 Å². The predicted molar refractivity (Wildman–Crippen MR) is 77.4 cm³/mol. The Kier molecular flexibility index (Phi) is 4.83. The number of hydrogen-bond donors (Lipinski definition) is 2. The smallest absolute Gasteiger partial charge is 0.119 e. The monoisotopic (exact) mass is 263 g/mol. The van der Waals surface area contributed by atoms with E-state index in [1.165, 1.54) is 0 Å². The highest BCUT2D eigenvalue weighted by molar-refractivity contribution is 5.32. The molecule has 19 heavy (non-hydrogen) atoms. The first-order valence-corrected chi connectivity index (χ1v) is 7.37. The molecule has 1 aromatic rings. The van der Waals surface area contributed by atoms with Gasteiger partial charge >= 0.3 is 0 Å². The van der Waals surface area contributed by atoms with Crippen molar-refractivity contribution in [1.29, 1.82) is 0 Å². The molecule has 0 spiro atoms. The largest absolute Gasteiger partial charge is 0.494 e. The topological polar surface area (TPSA) is 41.5 Å². The van der Waals surface area contributed by atoms with Crippen LogP contribution in [0.1, 0.15) is 45.1 Å². The Hall–Kier alpha value is -1.06. The van der Waals surface area contributed by atoms with Crippen molar-refractivity contribution in [3.8, 4) is 5.75 Å². The number of hydrogen-bond acceptors (Lipinski definition) is 3. The highest BCUT2D eigenvalue weighted by atomic mass is 16.5. The first-order valence-electron chi connectivity index (χ1n) is 7.37. The van der Waals surface area contributed by atoms with E-state index in [9.17, 15) is 5.11 Å². The van der Waals surface area contributed by atoms with Crippen molar-refractivity contribution in [1.82, 2.24) is 5.32 Å². The predicted octanol–water partition coefficient (Wildman–Crippen LogP) is 2.83. The van der Waals surface area contributed by atoms with Gasteiger partial charge in [0.05, 0.1) is 12.2 Å². The van der Waals surface area contributed by atoms with Crippen LogP contribution in [0, 0.1) is 0 Å². The summed E-state index contributed by atoms with van der Waals surface area (Å²) in [6, 6.07) is 8.46. The number of ether oxygens (including phenoxy) is 1. The van der Waals surface area contributed by atoms with Gasteiger partial charge in [-0.2, -0.15) is 0 Å². The molecule has 0 heterocycles. The second-order valence-electron chi connectivity index (χ2n) is 5.32. The molecule has 2 rings (SSSR count). The maximum Gasteiger partial charge on any atom is 0.119 e. The first-order chi connectivity index (χ1) is 9.18. The van der Waals surface area contributed by atoms with E-state index in [1.807, 2.05) is 31.2 Å². The lowest BCUT2D eigenvalue weighted by Crippen LogP contribution is -2.39. The Bertz CT molecular complexity index is 397. The van der Waals surface area contributed by atoms with Crippen LogP contribution >= 0.6 is 0 Å². The van der Waals surface area contributed by atoms with Crippen molar-refractivity contribution < 1.29 is 9.84 Å². The number of aliphatic hydroxyl groups is 1. The quantitative estimate of drug-likeness (QED) is 0.858. The summed E-state index contributed by atoms with van der Waals surface area (Å²) in [4.78, 5) is 0. The second kappa shape index (κ2) is 6.40. The Labute approximate surface area is 116 Å². The summed E-state index contributed by atoms with van der Waals surface area (Å²) in [6.07, 6.45) is 3.70. The minimum absolute atomic E-state index is 0.556. The molecule has 1 aromatic carbocycles. The van der Waals surface area contributed by atoms with Crippen molar-refractivity contribution in [2.75, 3.05) is 13.2 Å². The Morgan fingerprint density at radius 2 is 2.05 bits per heavy atom. The molecule has 0 aromatic heterocycles. The first kappa shape index (κ1) is 14.4. The van der Waals surface area contributed by atoms with Crippen molar-refractivity contribution >= 4 is 0 Å². The maximum absolute atomic E-state index is 10.8. The molecule has 0 aliphatic heterocycles. The molecule has 2 N–H and O–H groups in total. The molecular weight excluding hydrogens is 238 g/mol. The van der Waals surface area contributed by atoms with E-state index < -0.39 is 5.60 Å². The van der Waals surface area contributed by atoms with Gasteiger partial charge < -0.3 is 15.2 Å². The van der Waals surface area contributed by atoms with E-state index in [-0.39, 0.29) is 0 Å². The van der Waals surface area contributed by atoms with E-state index in [0.717, 1.165) is 43.5 Å². The molecule has 3 heteroatoms. The van der Waals surface area contributed by atoms with Crippen LogP contribution in [0.15, 0.2) is 24.3 Å². The fraction of sp³-hybridized carbons (Fsp3) is 0.625. The fourth-order valence-electron chi connectivity index (χ4n) is 2.92. The minimum atomic E-state index is -0.682. The second-order valence-corrected chi connectivity index (χ2v) is 5.32. The van der Waals surface area contributed by atoms with Gasteiger partial charge in [0.1, 0.15) is 5.75 Å². The lowest BCUT2D eigenvalue weighted by molar-refractivity contribution is -0.00833. The van der Waals surface area contributed by atoms with Crippen LogP contribution in [0.25, 0.3) is 0 Å². The van der Waals surface area contributed by atoms with E-state index in [1.54, 1.807) is 0 Å². The average Bonchev–Trinajstić information content (AvgIpc) is 2.43. The van der Waals surface area contributed by atoms with Gasteiger partial charge in [-0.3, -0.25) is 0 Å². The van der Waals surface area contributed by atoms with Crippen LogP contribution < -0.4 is 10.1 Å². The third-order valence-electron chi connectivity index (χ3n) is 3.99. The van der Waals surface area contributed by atoms with E-state index in [4.69, 9.17) is 4.74 Å². The van der Waals surface area contributed by atoms with Crippen molar-refractivity contribution in [3.63, 3.8) is 0 Å². The van der Waals surface area contributed by atoms with Gasteiger partial charge in [-0.05, 0) is 56.8 Å². The Balaban J connectivity index is 2.06. The number of benzene rings is 1. The molecule has 106 valence electrons. The average molecular weight is 263 g/mol. The highest BCUT2D eigenvalue weighted by Gasteiger charge is 2.34. The summed E-state index contributed by atoms with van der Waals surface area (Å²) in [5.74, 6) is 0.849. The van der Waals surface area contributed by atoms with Gasteiger partial charge in [-0.25, -0.2) is 0 Å². The molecule has 1 aliphatic rings.